The van der Waals surface area contributed by atoms with Crippen LogP contribution in [0.2, 0.25) is 0 Å². The Morgan fingerprint density at radius 3 is 2.52 bits per heavy atom. The molecule has 0 saturated heterocycles. The van der Waals surface area contributed by atoms with Crippen molar-refractivity contribution in [3.8, 4) is 0 Å². The van der Waals surface area contributed by atoms with Gasteiger partial charge in [0, 0.05) is 17.5 Å². The van der Waals surface area contributed by atoms with Gasteiger partial charge in [-0.05, 0) is 46.7 Å². The quantitative estimate of drug-likeness (QED) is 0.806. The van der Waals surface area contributed by atoms with Crippen molar-refractivity contribution < 1.29 is 13.2 Å². The van der Waals surface area contributed by atoms with Crippen molar-refractivity contribution in [3.63, 3.8) is 0 Å². The van der Waals surface area contributed by atoms with Crippen molar-refractivity contribution in [2.45, 2.75) is 25.6 Å². The molecule has 2 aromatic heterocycles. The van der Waals surface area contributed by atoms with Crippen LogP contribution in [0.4, 0.5) is 13.2 Å². The summed E-state index contributed by atoms with van der Waals surface area (Å²) in [5.41, 5.74) is -0.102. The summed E-state index contributed by atoms with van der Waals surface area (Å²) >= 11 is 5.02. The van der Waals surface area contributed by atoms with Crippen molar-refractivity contribution in [2.24, 2.45) is 0 Å². The first kappa shape index (κ1) is 16.5. The molecule has 7 heteroatoms. The minimum absolute atomic E-state index is 0.0946. The van der Waals surface area contributed by atoms with E-state index in [2.05, 4.69) is 26.2 Å². The Kier molecular flexibility index (Phi) is 5.40. The van der Waals surface area contributed by atoms with Gasteiger partial charge in [-0.1, -0.05) is 6.92 Å². The van der Waals surface area contributed by atoms with Crippen LogP contribution < -0.4 is 5.32 Å². The van der Waals surface area contributed by atoms with Crippen LogP contribution in [0.5, 0.6) is 0 Å². The number of aromatic nitrogens is 1. The van der Waals surface area contributed by atoms with Crippen LogP contribution in [0, 0.1) is 0 Å². The molecule has 0 fully saturated rings. The van der Waals surface area contributed by atoms with Gasteiger partial charge in [-0.25, -0.2) is 0 Å². The van der Waals surface area contributed by atoms with E-state index in [-0.39, 0.29) is 6.04 Å². The van der Waals surface area contributed by atoms with E-state index in [1.807, 2.05) is 19.1 Å². The molecule has 114 valence electrons. The topological polar surface area (TPSA) is 24.9 Å². The van der Waals surface area contributed by atoms with Crippen molar-refractivity contribution in [3.05, 3.63) is 50.4 Å². The van der Waals surface area contributed by atoms with E-state index in [1.54, 1.807) is 11.3 Å². The second-order valence-electron chi connectivity index (χ2n) is 4.49. The lowest BCUT2D eigenvalue weighted by Gasteiger charge is -2.17. The number of nitrogens with zero attached hydrogens (tertiary/aromatic N) is 1. The molecule has 1 atom stereocenters. The standard InChI is InChI=1S/C14H14BrF3N2S/c1-2-19-12(7-10-4-6-13(15)21-10)11-5-3-9(8-20-11)14(16,17)18/h3-6,8,12,19H,2,7H2,1H3. The zero-order valence-corrected chi connectivity index (χ0v) is 13.6. The fraction of sp³-hybridized carbons (Fsp3) is 0.357. The summed E-state index contributed by atoms with van der Waals surface area (Å²) in [5, 5.41) is 3.26. The van der Waals surface area contributed by atoms with Gasteiger partial charge in [-0.2, -0.15) is 13.2 Å². The molecule has 2 heterocycles. The van der Waals surface area contributed by atoms with E-state index in [0.717, 1.165) is 27.5 Å². The fourth-order valence-corrected chi connectivity index (χ4v) is 3.50. The van der Waals surface area contributed by atoms with E-state index >= 15 is 0 Å². The predicted octanol–water partition coefficient (Wildman–Crippen LogP) is 4.82. The number of likely N-dealkylation sites (N-methyl/N-ethyl adjacent to an activating group) is 1. The largest absolute Gasteiger partial charge is 0.417 e. The highest BCUT2D eigenvalue weighted by atomic mass is 79.9. The van der Waals surface area contributed by atoms with Crippen molar-refractivity contribution >= 4 is 27.3 Å². The summed E-state index contributed by atoms with van der Waals surface area (Å²) < 4.78 is 38.7. The van der Waals surface area contributed by atoms with Gasteiger partial charge in [0.2, 0.25) is 0 Å². The van der Waals surface area contributed by atoms with Gasteiger partial charge in [-0.3, -0.25) is 4.98 Å². The molecular formula is C14H14BrF3N2S. The Morgan fingerprint density at radius 2 is 2.05 bits per heavy atom. The molecule has 0 aromatic carbocycles. The summed E-state index contributed by atoms with van der Waals surface area (Å²) in [6, 6.07) is 6.39. The van der Waals surface area contributed by atoms with Gasteiger partial charge in [0.15, 0.2) is 0 Å². The molecule has 1 unspecified atom stereocenters. The number of hydrogen-bond acceptors (Lipinski definition) is 3. The maximum Gasteiger partial charge on any atom is 0.417 e. The van der Waals surface area contributed by atoms with E-state index < -0.39 is 11.7 Å². The minimum Gasteiger partial charge on any atom is -0.309 e. The van der Waals surface area contributed by atoms with E-state index in [0.29, 0.717) is 12.1 Å². The first-order valence-corrected chi connectivity index (χ1v) is 8.02. The Labute approximate surface area is 133 Å². The van der Waals surface area contributed by atoms with Crippen molar-refractivity contribution in [1.82, 2.24) is 10.3 Å². The second kappa shape index (κ2) is 6.89. The predicted molar refractivity (Wildman–Crippen MR) is 81.4 cm³/mol. The zero-order valence-electron chi connectivity index (χ0n) is 11.2. The molecular weight excluding hydrogens is 365 g/mol. The first-order valence-electron chi connectivity index (χ1n) is 6.41. The third-order valence-electron chi connectivity index (χ3n) is 2.96. The van der Waals surface area contributed by atoms with Crippen LogP contribution in [0.25, 0.3) is 0 Å². The fourth-order valence-electron chi connectivity index (χ4n) is 1.97. The summed E-state index contributed by atoms with van der Waals surface area (Å²) in [7, 11) is 0. The molecule has 0 aliphatic heterocycles. The van der Waals surface area contributed by atoms with Crippen LogP contribution in [0.15, 0.2) is 34.2 Å². The summed E-state index contributed by atoms with van der Waals surface area (Å²) in [5.74, 6) is 0. The van der Waals surface area contributed by atoms with Gasteiger partial charge < -0.3 is 5.32 Å². The molecule has 0 amide bonds. The molecule has 2 nitrogen and oxygen atoms in total. The lowest BCUT2D eigenvalue weighted by Crippen LogP contribution is -2.23. The minimum atomic E-state index is -4.35. The molecule has 0 saturated carbocycles. The number of hydrogen-bond donors (Lipinski definition) is 1. The molecule has 0 bridgehead atoms. The lowest BCUT2D eigenvalue weighted by molar-refractivity contribution is -0.137. The van der Waals surface area contributed by atoms with Crippen LogP contribution in [0.3, 0.4) is 0 Å². The molecule has 21 heavy (non-hydrogen) atoms. The molecule has 0 aliphatic carbocycles. The van der Waals surface area contributed by atoms with Crippen molar-refractivity contribution in [2.75, 3.05) is 6.54 Å². The number of halogens is 4. The Bertz CT molecular complexity index is 581. The van der Waals surface area contributed by atoms with Gasteiger partial charge in [-0.15, -0.1) is 11.3 Å². The average Bonchev–Trinajstić information content (AvgIpc) is 2.83. The summed E-state index contributed by atoms with van der Waals surface area (Å²) in [4.78, 5) is 5.13. The third-order valence-corrected chi connectivity index (χ3v) is 4.60. The van der Waals surface area contributed by atoms with E-state index in [4.69, 9.17) is 0 Å². The van der Waals surface area contributed by atoms with E-state index in [1.165, 1.54) is 6.07 Å². The molecule has 2 aromatic rings. The second-order valence-corrected chi connectivity index (χ2v) is 7.04. The Hall–Kier alpha value is -0.920. The SMILES string of the molecule is CCNC(Cc1ccc(Br)s1)c1ccc(C(F)(F)F)cn1. The molecule has 0 aliphatic rings. The smallest absolute Gasteiger partial charge is 0.309 e. The van der Waals surface area contributed by atoms with Gasteiger partial charge in [0.25, 0.3) is 0 Å². The Morgan fingerprint density at radius 1 is 1.29 bits per heavy atom. The third kappa shape index (κ3) is 4.52. The zero-order chi connectivity index (χ0) is 15.5. The van der Waals surface area contributed by atoms with Gasteiger partial charge >= 0.3 is 6.18 Å². The monoisotopic (exact) mass is 378 g/mol. The number of pyridine rings is 1. The lowest BCUT2D eigenvalue weighted by atomic mass is 10.1. The first-order chi connectivity index (χ1) is 9.90. The number of thiophene rings is 1. The van der Waals surface area contributed by atoms with E-state index in [9.17, 15) is 13.2 Å². The Balaban J connectivity index is 2.17. The number of alkyl halides is 3. The molecule has 0 radical (unpaired) electrons. The maximum atomic E-state index is 12.6. The van der Waals surface area contributed by atoms with Crippen LogP contribution in [-0.4, -0.2) is 11.5 Å². The normalized spacial score (nSPS) is 13.4. The molecule has 2 rings (SSSR count). The van der Waals surface area contributed by atoms with Crippen LogP contribution in [-0.2, 0) is 12.6 Å². The van der Waals surface area contributed by atoms with Crippen LogP contribution in [0.1, 0.15) is 29.1 Å². The maximum absolute atomic E-state index is 12.6. The summed E-state index contributed by atoms with van der Waals surface area (Å²) in [6.07, 6.45) is -2.76. The van der Waals surface area contributed by atoms with Crippen molar-refractivity contribution in [1.29, 1.82) is 0 Å². The molecule has 1 N–H and O–H groups in total. The highest BCUT2D eigenvalue weighted by Crippen LogP contribution is 2.30. The average molecular weight is 379 g/mol. The highest BCUT2D eigenvalue weighted by molar-refractivity contribution is 9.11. The number of nitrogens with one attached hydrogen (secondary N) is 1. The van der Waals surface area contributed by atoms with Crippen LogP contribution >= 0.6 is 27.3 Å². The van der Waals surface area contributed by atoms with Gasteiger partial charge in [0.05, 0.1) is 21.1 Å². The van der Waals surface area contributed by atoms with Gasteiger partial charge in [0.1, 0.15) is 0 Å². The highest BCUT2D eigenvalue weighted by Gasteiger charge is 2.31. The molecule has 0 spiro atoms. The summed E-state index contributed by atoms with van der Waals surface area (Å²) in [6.45, 7) is 2.68. The number of rotatable bonds is 5.